The molecule has 15 N–H and O–H groups in total. The molecule has 0 bridgehead atoms. The molecule has 4 aliphatic heterocycles. The highest BCUT2D eigenvalue weighted by molar-refractivity contribution is 6.67. The van der Waals surface area contributed by atoms with Gasteiger partial charge in [-0.3, -0.25) is 34.1 Å². The first-order valence-electron chi connectivity index (χ1n) is 31.1. The van der Waals surface area contributed by atoms with E-state index in [4.69, 9.17) is 96.1 Å². The number of methoxy groups -OCH3 is 3. The summed E-state index contributed by atoms with van der Waals surface area (Å²) in [5.74, 6) is -0.705. The Morgan fingerprint density at radius 2 is 1.06 bits per heavy atom. The Morgan fingerprint density at radius 1 is 0.573 bits per heavy atom. The summed E-state index contributed by atoms with van der Waals surface area (Å²) in [5.41, 5.74) is 25.9. The first-order chi connectivity index (χ1) is 49.0. The van der Waals surface area contributed by atoms with Crippen molar-refractivity contribution in [3.05, 3.63) is 166 Å². The number of phenols is 3. The number of fused-ring (bicyclic) bond motifs is 10. The number of benzene rings is 6. The maximum Gasteiger partial charge on any atom is 0.328 e. The number of nitrogens with two attached hydrogens (primary N) is 3. The predicted octanol–water partition coefficient (Wildman–Crippen LogP) is 8.41. The van der Waals surface area contributed by atoms with Crippen LogP contribution < -0.4 is 46.2 Å². The van der Waals surface area contributed by atoms with Crippen LogP contribution in [-0.2, 0) is 73.5 Å². The van der Waals surface area contributed by atoms with E-state index in [1.807, 2.05) is 30.3 Å². The van der Waals surface area contributed by atoms with Gasteiger partial charge in [-0.25, -0.2) is 4.79 Å². The van der Waals surface area contributed by atoms with Crippen LogP contribution in [0.3, 0.4) is 0 Å². The Bertz CT molecular complexity index is 4730. The van der Waals surface area contributed by atoms with Gasteiger partial charge in [0.25, 0.3) is 0 Å². The number of nitrogens with zero attached hydrogens (tertiary/aromatic N) is 1. The van der Waals surface area contributed by atoms with Crippen LogP contribution in [0.2, 0.25) is 0 Å². The number of hydrogen-bond acceptors (Lipinski definition) is 22. The Kier molecular flexibility index (Phi) is 27.2. The van der Waals surface area contributed by atoms with Crippen LogP contribution in [0, 0.1) is 0 Å². The highest BCUT2D eigenvalue weighted by atomic mass is 35.5. The molecule has 0 aliphatic carbocycles. The molecule has 546 valence electrons. The van der Waals surface area contributed by atoms with Crippen molar-refractivity contribution in [3.8, 4) is 46.0 Å². The van der Waals surface area contributed by atoms with Crippen molar-refractivity contribution in [1.29, 1.82) is 0 Å². The fourth-order valence-corrected chi connectivity index (χ4v) is 12.2. The van der Waals surface area contributed by atoms with E-state index in [2.05, 4.69) is 35.7 Å². The van der Waals surface area contributed by atoms with E-state index in [1.54, 1.807) is 91.3 Å². The summed E-state index contributed by atoms with van der Waals surface area (Å²) in [4.78, 5) is 95.6. The second-order valence-electron chi connectivity index (χ2n) is 22.8. The summed E-state index contributed by atoms with van der Waals surface area (Å²) in [6.45, 7) is 0.304. The van der Waals surface area contributed by atoms with Crippen molar-refractivity contribution >= 4 is 143 Å². The fourth-order valence-electron chi connectivity index (χ4n) is 12.1. The number of alkyl halides is 3. The quantitative estimate of drug-likeness (QED) is 0.0160. The molecule has 0 spiro atoms. The van der Waals surface area contributed by atoms with Gasteiger partial charge in [-0.15, -0.1) is 47.2 Å². The van der Waals surface area contributed by atoms with Crippen LogP contribution in [0.15, 0.2) is 122 Å². The van der Waals surface area contributed by atoms with E-state index in [0.717, 1.165) is 77.1 Å². The summed E-state index contributed by atoms with van der Waals surface area (Å²) in [6.07, 6.45) is 4.76. The number of carbonyl (C=O) groups is 7. The normalized spacial score (nSPS) is 16.1. The van der Waals surface area contributed by atoms with Gasteiger partial charge in [0.05, 0.1) is 39.3 Å². The van der Waals surface area contributed by atoms with Gasteiger partial charge in [-0.2, -0.15) is 0 Å². The minimum atomic E-state index is -1.03. The zero-order chi connectivity index (χ0) is 73.6. The van der Waals surface area contributed by atoms with Gasteiger partial charge < -0.3 is 100 Å². The molecular formula is C70H72Cl5N9O19. The third-order valence-electron chi connectivity index (χ3n) is 16.6. The van der Waals surface area contributed by atoms with Crippen LogP contribution in [0.5, 0.6) is 46.0 Å². The number of halogens is 5. The van der Waals surface area contributed by atoms with Gasteiger partial charge in [0.15, 0.2) is 23.0 Å². The van der Waals surface area contributed by atoms with Crippen molar-refractivity contribution in [2.24, 2.45) is 17.2 Å². The Balaban J connectivity index is 0.000000176. The predicted molar refractivity (Wildman–Crippen MR) is 385 cm³/mol. The lowest BCUT2D eigenvalue weighted by atomic mass is 9.87. The van der Waals surface area contributed by atoms with Crippen molar-refractivity contribution in [3.63, 3.8) is 0 Å². The lowest BCUT2D eigenvalue weighted by Gasteiger charge is -2.40. The maximum atomic E-state index is 13.1. The zero-order valence-electron chi connectivity index (χ0n) is 55.4. The molecule has 1 amide bonds. The van der Waals surface area contributed by atoms with E-state index in [-0.39, 0.29) is 85.7 Å². The van der Waals surface area contributed by atoms with Crippen LogP contribution in [-0.4, -0.2) is 170 Å². The van der Waals surface area contributed by atoms with E-state index >= 15 is 0 Å². The number of carbonyl (C=O) groups excluding carboxylic acids is 6. The van der Waals surface area contributed by atoms with Gasteiger partial charge in [0.2, 0.25) is 24.7 Å². The number of carboxylic acid groups (broad SMARTS) is 1. The monoisotopic (exact) mass is 1520 g/mol. The molecule has 14 rings (SSSR count). The van der Waals surface area contributed by atoms with Crippen LogP contribution >= 0.6 is 58.8 Å². The fraction of sp³-hybridized carbons (Fsp3) is 0.271. The molecule has 0 fully saturated rings. The van der Waals surface area contributed by atoms with Crippen molar-refractivity contribution in [2.75, 3.05) is 59.6 Å². The molecule has 28 nitrogen and oxygen atoms in total. The van der Waals surface area contributed by atoms with Gasteiger partial charge in [0, 0.05) is 93.1 Å². The maximum absolute atomic E-state index is 13.1. The van der Waals surface area contributed by atoms with Crippen molar-refractivity contribution in [2.45, 2.75) is 61.9 Å². The smallest absolute Gasteiger partial charge is 0.328 e. The minimum absolute atomic E-state index is 0. The van der Waals surface area contributed by atoms with E-state index in [9.17, 15) is 48.9 Å². The van der Waals surface area contributed by atoms with Crippen LogP contribution in [0.4, 0.5) is 0 Å². The van der Waals surface area contributed by atoms with E-state index in [1.165, 1.54) is 33.3 Å². The topological polar surface area (TPSA) is 431 Å². The second-order valence-corrected chi connectivity index (χ2v) is 24.0. The molecule has 2 unspecified atom stereocenters. The number of ether oxygens (including phenoxy) is 8. The number of esters is 4. The highest BCUT2D eigenvalue weighted by Gasteiger charge is 2.44. The summed E-state index contributed by atoms with van der Waals surface area (Å²) in [5, 5.41) is 43.6. The standard InChI is InChI=1S/C24H20Cl2N2O7.C20H18N2O5.C12H14N2O3.C11H12N2O3.C2H2Cl2O.CH5N.ClH/c1-32-24(31)17-8-15-14-7-13(35-21(30)10-26)3-4-16(14)27-22(15)23(28(17)20(29)9-25)12-2-5-18-19(6-12)34-11-33-18;1-25-20(24)15-8-13-12-7-11(23)3-4-14(12)21-19(13)18(22-15)10-2-5-16-17(6-10)27-9-26-16;1-17-12(16)10(13)4-7-6-14-11-3-2-8(15)5-9(7)11;12-9(11(15)16)3-6-5-13-10-2-1-7(14)4-8(6)10;3-1-2(4)5;1-2;/h2-7,17,23,27H,8-11H2,1H3;2-7,15,18,21-23H,8-9H2,1H3;2-3,5-6,10,14-15H,4,13H2,1H3;1-2,4-5,9,13-14H,3,12H2,(H,15,16);1H2;2H2,1H3;1H/t17-,23-;15-,18-;;;;;/m11...../s1. The minimum Gasteiger partial charge on any atom is -0.508 e. The Morgan fingerprint density at radius 3 is 1.58 bits per heavy atom. The van der Waals surface area contributed by atoms with Gasteiger partial charge in [0.1, 0.15) is 58.9 Å². The molecular weight excluding hydrogens is 1450 g/mol. The zero-order valence-corrected chi connectivity index (χ0v) is 59.2. The third kappa shape index (κ3) is 18.2. The first kappa shape index (κ1) is 78.6. The molecule has 0 saturated carbocycles. The molecule has 10 aromatic rings. The molecule has 6 aromatic carbocycles. The molecule has 8 heterocycles. The largest absolute Gasteiger partial charge is 0.508 e. The average molecular weight is 1520 g/mol. The number of nitrogens with one attached hydrogen (secondary N) is 5. The lowest BCUT2D eigenvalue weighted by molar-refractivity contribution is -0.154. The number of rotatable bonds is 14. The van der Waals surface area contributed by atoms with Gasteiger partial charge in [-0.1, -0.05) is 12.1 Å². The van der Waals surface area contributed by atoms with E-state index < -0.39 is 65.2 Å². The van der Waals surface area contributed by atoms with Crippen molar-refractivity contribution < 1.29 is 91.9 Å². The number of carboxylic acids is 1. The SMILES string of the molecule is CN.COC(=O)C(N)Cc1c[nH]c2ccc(O)cc12.COC(=O)[C@H]1Cc2c([nH]c3ccc(O)cc23)[C@@H](c2ccc3c(c2)OCO3)N1.COC(=O)[C@H]1Cc2c([nH]c3ccc(OC(=O)CCl)cc23)[C@@H](c2ccc3c(c2)OCO3)N1C(=O)CCl.Cl.NC(Cc1c[nH]c2ccc(O)cc12)C(=O)O.O=C(Cl)CCl. The summed E-state index contributed by atoms with van der Waals surface area (Å²) in [7, 11) is 5.47. The molecule has 0 saturated heterocycles. The molecule has 4 aliphatic rings. The third-order valence-corrected chi connectivity index (χ3v) is 17.6. The molecule has 103 heavy (non-hydrogen) atoms. The number of hydrogen-bond donors (Lipinski definition) is 12. The average Bonchev–Trinajstić information content (AvgIpc) is 1.64. The first-order valence-corrected chi connectivity index (χ1v) is 33.1. The second kappa shape index (κ2) is 35.6. The number of aromatic hydroxyl groups is 3. The number of aromatic nitrogens is 4. The van der Waals surface area contributed by atoms with E-state index in [0.29, 0.717) is 52.8 Å². The van der Waals surface area contributed by atoms with Gasteiger partial charge in [-0.05, 0) is 149 Å². The number of amides is 1. The lowest BCUT2D eigenvalue weighted by Crippen LogP contribution is -2.52. The number of H-pyrrole nitrogens is 4. The number of phenolic OH excluding ortho intramolecular Hbond substituents is 3. The molecule has 4 aromatic heterocycles. The van der Waals surface area contributed by atoms with Gasteiger partial charge >= 0.3 is 29.8 Å². The Hall–Kier alpha value is -10.1. The number of aromatic amines is 4. The van der Waals surface area contributed by atoms with Crippen LogP contribution in [0.1, 0.15) is 56.9 Å². The summed E-state index contributed by atoms with van der Waals surface area (Å²) in [6, 6.07) is 27.4. The van der Waals surface area contributed by atoms with Crippen LogP contribution in [0.25, 0.3) is 43.6 Å². The Labute approximate surface area is 613 Å². The highest BCUT2D eigenvalue weighted by Crippen LogP contribution is 2.46. The molecule has 33 heteroatoms. The summed E-state index contributed by atoms with van der Waals surface area (Å²) < 4.78 is 41.7. The van der Waals surface area contributed by atoms with Crippen molar-refractivity contribution in [1.82, 2.24) is 30.2 Å². The summed E-state index contributed by atoms with van der Waals surface area (Å²) >= 11 is 21.1. The molecule has 6 atom stereocenters. The number of aliphatic carboxylic acids is 1. The molecule has 0 radical (unpaired) electrons.